The molecule has 0 aliphatic heterocycles. The normalized spacial score (nSPS) is 10.7. The van der Waals surface area contributed by atoms with Crippen molar-refractivity contribution in [1.82, 2.24) is 5.43 Å². The molecule has 0 saturated heterocycles. The van der Waals surface area contributed by atoms with Crippen molar-refractivity contribution in [2.45, 2.75) is 0 Å². The second kappa shape index (κ2) is 7.51. The molecule has 0 spiro atoms. The fourth-order valence-corrected chi connectivity index (χ4v) is 1.71. The maximum absolute atomic E-state index is 13.3. The summed E-state index contributed by atoms with van der Waals surface area (Å²) in [6, 6.07) is 9.72. The predicted molar refractivity (Wildman–Crippen MR) is 79.0 cm³/mol. The molecule has 4 nitrogen and oxygen atoms in total. The summed E-state index contributed by atoms with van der Waals surface area (Å²) in [7, 11) is 0. The van der Waals surface area contributed by atoms with E-state index in [9.17, 15) is 13.6 Å². The molecule has 0 bridgehead atoms. The minimum absolute atomic E-state index is 0.0497. The minimum Gasteiger partial charge on any atom is -0.482 e. The zero-order valence-corrected chi connectivity index (χ0v) is 12.0. The summed E-state index contributed by atoms with van der Waals surface area (Å²) in [4.78, 5) is 11.5. The maximum Gasteiger partial charge on any atom is 0.277 e. The molecule has 0 aliphatic carbocycles. The first-order valence-electron chi connectivity index (χ1n) is 6.20. The van der Waals surface area contributed by atoms with Gasteiger partial charge in [-0.25, -0.2) is 14.2 Å². The van der Waals surface area contributed by atoms with Crippen molar-refractivity contribution in [3.8, 4) is 5.75 Å². The number of rotatable bonds is 5. The molecule has 2 rings (SSSR count). The number of hydrogen-bond acceptors (Lipinski definition) is 3. The molecule has 0 radical (unpaired) electrons. The van der Waals surface area contributed by atoms with Gasteiger partial charge in [0.1, 0.15) is 17.4 Å². The van der Waals surface area contributed by atoms with E-state index in [1.165, 1.54) is 6.07 Å². The lowest BCUT2D eigenvalue weighted by atomic mass is 10.2. The Morgan fingerprint density at radius 1 is 1.27 bits per heavy atom. The smallest absolute Gasteiger partial charge is 0.277 e. The Labute approximate surface area is 130 Å². The Morgan fingerprint density at radius 3 is 2.77 bits per heavy atom. The first-order valence-corrected chi connectivity index (χ1v) is 6.58. The molecule has 2 aromatic rings. The summed E-state index contributed by atoms with van der Waals surface area (Å²) in [5, 5.41) is 3.95. The molecule has 7 heteroatoms. The summed E-state index contributed by atoms with van der Waals surface area (Å²) >= 11 is 5.86. The fourth-order valence-electron chi connectivity index (χ4n) is 1.52. The van der Waals surface area contributed by atoms with Crippen LogP contribution in [0.2, 0.25) is 5.02 Å². The van der Waals surface area contributed by atoms with Crippen LogP contribution in [-0.2, 0) is 4.79 Å². The largest absolute Gasteiger partial charge is 0.482 e. The Morgan fingerprint density at radius 2 is 2.05 bits per heavy atom. The van der Waals surface area contributed by atoms with Crippen molar-refractivity contribution in [3.63, 3.8) is 0 Å². The summed E-state index contributed by atoms with van der Waals surface area (Å²) < 4.78 is 31.2. The highest BCUT2D eigenvalue weighted by Gasteiger charge is 2.05. The quantitative estimate of drug-likeness (QED) is 0.678. The van der Waals surface area contributed by atoms with E-state index < -0.39 is 17.5 Å². The van der Waals surface area contributed by atoms with Crippen molar-refractivity contribution in [1.29, 1.82) is 0 Å². The summed E-state index contributed by atoms with van der Waals surface area (Å²) in [5.74, 6) is -1.64. The van der Waals surface area contributed by atoms with E-state index in [0.717, 1.165) is 18.3 Å². The molecule has 22 heavy (non-hydrogen) atoms. The van der Waals surface area contributed by atoms with E-state index in [1.807, 2.05) is 0 Å². The van der Waals surface area contributed by atoms with Gasteiger partial charge in [0.25, 0.3) is 5.91 Å². The third-order valence-electron chi connectivity index (χ3n) is 2.55. The Balaban J connectivity index is 1.85. The fraction of sp³-hybridized carbons (Fsp3) is 0.0667. The highest BCUT2D eigenvalue weighted by Crippen LogP contribution is 2.22. The highest BCUT2D eigenvalue weighted by molar-refractivity contribution is 6.32. The summed E-state index contributed by atoms with van der Waals surface area (Å²) in [5.41, 5.74) is 2.21. The van der Waals surface area contributed by atoms with Crippen LogP contribution >= 0.6 is 11.6 Å². The van der Waals surface area contributed by atoms with Crippen molar-refractivity contribution in [2.24, 2.45) is 5.10 Å². The summed E-state index contributed by atoms with van der Waals surface area (Å²) in [6.45, 7) is -0.299. The lowest BCUT2D eigenvalue weighted by Crippen LogP contribution is -2.24. The van der Waals surface area contributed by atoms with Gasteiger partial charge in [-0.3, -0.25) is 4.79 Å². The molecule has 0 atom stereocenters. The van der Waals surface area contributed by atoms with Gasteiger partial charge in [0.05, 0.1) is 11.2 Å². The van der Waals surface area contributed by atoms with E-state index in [-0.39, 0.29) is 12.2 Å². The van der Waals surface area contributed by atoms with Gasteiger partial charge in [-0.05, 0) is 24.3 Å². The third kappa shape index (κ3) is 4.53. The molecule has 0 fully saturated rings. The molecular formula is C15H11ClF2N2O2. The van der Waals surface area contributed by atoms with Gasteiger partial charge in [0, 0.05) is 11.6 Å². The number of hydrazone groups is 1. The van der Waals surface area contributed by atoms with Crippen LogP contribution in [-0.4, -0.2) is 18.7 Å². The van der Waals surface area contributed by atoms with Crippen LogP contribution in [0.5, 0.6) is 5.75 Å². The van der Waals surface area contributed by atoms with Crippen LogP contribution in [0.1, 0.15) is 5.56 Å². The molecule has 0 saturated carbocycles. The number of benzene rings is 2. The van der Waals surface area contributed by atoms with Crippen molar-refractivity contribution >= 4 is 23.7 Å². The molecule has 114 valence electrons. The van der Waals surface area contributed by atoms with Crippen LogP contribution in [0.3, 0.4) is 0 Å². The van der Waals surface area contributed by atoms with Gasteiger partial charge in [-0.2, -0.15) is 5.10 Å². The molecule has 0 aromatic heterocycles. The SMILES string of the molecule is O=C(COc1ccccc1Cl)N/N=C/c1ccc(F)cc1F. The molecule has 0 heterocycles. The minimum atomic E-state index is -0.773. The second-order valence-electron chi connectivity index (χ2n) is 4.18. The van der Waals surface area contributed by atoms with E-state index >= 15 is 0 Å². The van der Waals surface area contributed by atoms with Gasteiger partial charge in [-0.15, -0.1) is 0 Å². The van der Waals surface area contributed by atoms with Gasteiger partial charge in [0.15, 0.2) is 6.61 Å². The predicted octanol–water partition coefficient (Wildman–Crippen LogP) is 3.15. The molecule has 2 aromatic carbocycles. The lowest BCUT2D eigenvalue weighted by molar-refractivity contribution is -0.123. The molecule has 1 N–H and O–H groups in total. The van der Waals surface area contributed by atoms with Gasteiger partial charge < -0.3 is 4.74 Å². The van der Waals surface area contributed by atoms with E-state index in [2.05, 4.69) is 10.5 Å². The topological polar surface area (TPSA) is 50.7 Å². The second-order valence-corrected chi connectivity index (χ2v) is 4.59. The number of halogens is 3. The third-order valence-corrected chi connectivity index (χ3v) is 2.86. The number of ether oxygens (including phenoxy) is 1. The Kier molecular flexibility index (Phi) is 5.43. The van der Waals surface area contributed by atoms with Gasteiger partial charge >= 0.3 is 0 Å². The standard InChI is InChI=1S/C15H11ClF2N2O2/c16-12-3-1-2-4-14(12)22-9-15(21)20-19-8-10-5-6-11(17)7-13(10)18/h1-8H,9H2,(H,20,21)/b19-8+. The first-order chi connectivity index (χ1) is 10.6. The van der Waals surface area contributed by atoms with Crippen LogP contribution in [0.25, 0.3) is 0 Å². The first kappa shape index (κ1) is 15.9. The van der Waals surface area contributed by atoms with Crippen molar-refractivity contribution < 1.29 is 18.3 Å². The summed E-state index contributed by atoms with van der Waals surface area (Å²) in [6.07, 6.45) is 1.07. The average Bonchev–Trinajstić information content (AvgIpc) is 2.49. The van der Waals surface area contributed by atoms with Crippen molar-refractivity contribution in [3.05, 3.63) is 64.7 Å². The lowest BCUT2D eigenvalue weighted by Gasteiger charge is -2.06. The van der Waals surface area contributed by atoms with E-state index in [0.29, 0.717) is 10.8 Å². The number of para-hydroxylation sites is 1. The zero-order chi connectivity index (χ0) is 15.9. The highest BCUT2D eigenvalue weighted by atomic mass is 35.5. The van der Waals surface area contributed by atoms with E-state index in [4.69, 9.17) is 16.3 Å². The molecule has 1 amide bonds. The number of carbonyl (C=O) groups is 1. The van der Waals surface area contributed by atoms with Crippen molar-refractivity contribution in [2.75, 3.05) is 6.61 Å². The molecule has 0 aliphatic rings. The van der Waals surface area contributed by atoms with Crippen LogP contribution < -0.4 is 10.2 Å². The molecule has 0 unspecified atom stereocenters. The number of nitrogens with zero attached hydrogens (tertiary/aromatic N) is 1. The zero-order valence-electron chi connectivity index (χ0n) is 11.2. The monoisotopic (exact) mass is 324 g/mol. The van der Waals surface area contributed by atoms with Gasteiger partial charge in [0.2, 0.25) is 0 Å². The van der Waals surface area contributed by atoms with Crippen LogP contribution in [0.4, 0.5) is 8.78 Å². The maximum atomic E-state index is 13.3. The van der Waals surface area contributed by atoms with Crippen LogP contribution in [0.15, 0.2) is 47.6 Å². The Bertz CT molecular complexity index is 708. The number of hydrogen-bond donors (Lipinski definition) is 1. The van der Waals surface area contributed by atoms with Crippen LogP contribution in [0, 0.1) is 11.6 Å². The average molecular weight is 325 g/mol. The Hall–Kier alpha value is -2.47. The molecular weight excluding hydrogens is 314 g/mol. The van der Waals surface area contributed by atoms with Gasteiger partial charge in [-0.1, -0.05) is 23.7 Å². The number of carbonyl (C=O) groups excluding carboxylic acids is 1. The number of amides is 1. The van der Waals surface area contributed by atoms with E-state index in [1.54, 1.807) is 24.3 Å². The number of nitrogens with one attached hydrogen (secondary N) is 1.